The summed E-state index contributed by atoms with van der Waals surface area (Å²) >= 11 is 6.22. The molecule has 0 aliphatic rings. The molecule has 2 aromatic carbocycles. The predicted octanol–water partition coefficient (Wildman–Crippen LogP) is 5.34. The second kappa shape index (κ2) is 9.67. The highest BCUT2D eigenvalue weighted by Gasteiger charge is 2.18. The third kappa shape index (κ3) is 5.10. The maximum absolute atomic E-state index is 13.3. The summed E-state index contributed by atoms with van der Waals surface area (Å²) in [7, 11) is 0. The standard InChI is InChI=1S/C25H20ClN3O4/c1-15-23-19(17(13-27-15)14-32-16(2)30)12-20(24(31)29-22-11-7-6-10-21(22)26)25(33-23)28-18-8-4-3-5-9-18/h3-13H,14H2,1-2H3,(H,29,31). The lowest BCUT2D eigenvalue weighted by Gasteiger charge is -2.11. The molecule has 1 amide bonds. The van der Waals surface area contributed by atoms with E-state index < -0.39 is 11.9 Å². The van der Waals surface area contributed by atoms with Crippen molar-refractivity contribution in [2.45, 2.75) is 20.5 Å². The molecular weight excluding hydrogens is 442 g/mol. The van der Waals surface area contributed by atoms with E-state index in [4.69, 9.17) is 20.8 Å². The second-order valence-electron chi connectivity index (χ2n) is 7.24. The molecule has 0 aliphatic carbocycles. The van der Waals surface area contributed by atoms with E-state index in [1.54, 1.807) is 55.6 Å². The summed E-state index contributed by atoms with van der Waals surface area (Å²) in [6.45, 7) is 3.11. The number of amides is 1. The summed E-state index contributed by atoms with van der Waals surface area (Å²) in [4.78, 5) is 33.5. The van der Waals surface area contributed by atoms with Gasteiger partial charge in [-0.25, -0.2) is 4.99 Å². The number of anilines is 1. The smallest absolute Gasteiger partial charge is 0.302 e. The van der Waals surface area contributed by atoms with Gasteiger partial charge in [-0.05, 0) is 37.3 Å². The largest absolute Gasteiger partial charge is 0.461 e. The number of pyridine rings is 1. The summed E-state index contributed by atoms with van der Waals surface area (Å²) in [6.07, 6.45) is 1.60. The number of rotatable bonds is 5. The topological polar surface area (TPSA) is 93.8 Å². The maximum Gasteiger partial charge on any atom is 0.302 e. The van der Waals surface area contributed by atoms with E-state index in [2.05, 4.69) is 15.3 Å². The van der Waals surface area contributed by atoms with Crippen LogP contribution in [0.15, 0.2) is 76.3 Å². The van der Waals surface area contributed by atoms with Crippen LogP contribution in [0.3, 0.4) is 0 Å². The molecule has 0 bridgehead atoms. The van der Waals surface area contributed by atoms with Gasteiger partial charge in [-0.2, -0.15) is 0 Å². The summed E-state index contributed by atoms with van der Waals surface area (Å²) in [5.41, 5.74) is 3.05. The van der Waals surface area contributed by atoms with Crippen molar-refractivity contribution in [1.29, 1.82) is 0 Å². The molecule has 7 nitrogen and oxygen atoms in total. The number of aryl methyl sites for hydroxylation is 1. The Balaban J connectivity index is 1.91. The van der Waals surface area contributed by atoms with Crippen molar-refractivity contribution in [3.05, 3.63) is 94.3 Å². The van der Waals surface area contributed by atoms with Crippen molar-refractivity contribution in [2.24, 2.45) is 4.99 Å². The Morgan fingerprint density at radius 2 is 1.85 bits per heavy atom. The number of carbonyl (C=O) groups excluding carboxylic acids is 2. The van der Waals surface area contributed by atoms with Gasteiger partial charge < -0.3 is 14.5 Å². The Hall–Kier alpha value is -3.97. The molecule has 0 fully saturated rings. The number of ether oxygens (including phenoxy) is 1. The van der Waals surface area contributed by atoms with Crippen LogP contribution in [0.5, 0.6) is 0 Å². The van der Waals surface area contributed by atoms with E-state index in [-0.39, 0.29) is 17.7 Å². The zero-order valence-electron chi connectivity index (χ0n) is 18.0. The van der Waals surface area contributed by atoms with Crippen molar-refractivity contribution in [3.63, 3.8) is 0 Å². The lowest BCUT2D eigenvalue weighted by Crippen LogP contribution is -2.22. The molecule has 4 rings (SSSR count). The van der Waals surface area contributed by atoms with E-state index in [1.165, 1.54) is 6.92 Å². The fourth-order valence-electron chi connectivity index (χ4n) is 3.20. The Morgan fingerprint density at radius 1 is 1.12 bits per heavy atom. The normalized spacial score (nSPS) is 11.4. The zero-order valence-corrected chi connectivity index (χ0v) is 18.7. The lowest BCUT2D eigenvalue weighted by atomic mass is 10.1. The number of hydrogen-bond donors (Lipinski definition) is 1. The van der Waals surface area contributed by atoms with E-state index in [1.807, 2.05) is 18.2 Å². The number of halogens is 1. The number of benzene rings is 2. The summed E-state index contributed by atoms with van der Waals surface area (Å²) in [6, 6.07) is 17.8. The molecule has 0 aliphatic heterocycles. The number of hydrogen-bond acceptors (Lipinski definition) is 6. The fourth-order valence-corrected chi connectivity index (χ4v) is 3.38. The Kier molecular flexibility index (Phi) is 6.51. The van der Waals surface area contributed by atoms with Gasteiger partial charge in [-0.3, -0.25) is 14.6 Å². The van der Waals surface area contributed by atoms with Crippen molar-refractivity contribution < 1.29 is 18.7 Å². The minimum Gasteiger partial charge on any atom is -0.461 e. The number of nitrogens with one attached hydrogen (secondary N) is 1. The van der Waals surface area contributed by atoms with E-state index >= 15 is 0 Å². The monoisotopic (exact) mass is 461 g/mol. The Labute approximate surface area is 194 Å². The highest BCUT2D eigenvalue weighted by Crippen LogP contribution is 2.24. The third-order valence-electron chi connectivity index (χ3n) is 4.84. The van der Waals surface area contributed by atoms with Crippen LogP contribution in [0.1, 0.15) is 28.5 Å². The van der Waals surface area contributed by atoms with Crippen molar-refractivity contribution in [1.82, 2.24) is 4.98 Å². The molecule has 1 N–H and O–H groups in total. The zero-order chi connectivity index (χ0) is 23.4. The minimum absolute atomic E-state index is 0.00458. The van der Waals surface area contributed by atoms with Gasteiger partial charge in [0.1, 0.15) is 12.2 Å². The number of esters is 1. The molecule has 0 spiro atoms. The number of aromatic nitrogens is 1. The van der Waals surface area contributed by atoms with Gasteiger partial charge in [0, 0.05) is 24.1 Å². The summed E-state index contributed by atoms with van der Waals surface area (Å²) in [5, 5.41) is 3.81. The van der Waals surface area contributed by atoms with Crippen molar-refractivity contribution in [2.75, 3.05) is 5.32 Å². The molecule has 0 saturated carbocycles. The minimum atomic E-state index is -0.448. The second-order valence-corrected chi connectivity index (χ2v) is 7.65. The van der Waals surface area contributed by atoms with E-state index in [0.717, 1.165) is 0 Å². The summed E-state index contributed by atoms with van der Waals surface area (Å²) < 4.78 is 11.3. The predicted molar refractivity (Wildman–Crippen MR) is 125 cm³/mol. The Bertz CT molecular complexity index is 1410. The molecule has 4 aromatic rings. The lowest BCUT2D eigenvalue weighted by molar-refractivity contribution is -0.142. The molecule has 0 radical (unpaired) electrons. The maximum atomic E-state index is 13.3. The van der Waals surface area contributed by atoms with Crippen molar-refractivity contribution in [3.8, 4) is 0 Å². The van der Waals surface area contributed by atoms with Crippen LogP contribution in [-0.4, -0.2) is 16.9 Å². The van der Waals surface area contributed by atoms with Crippen LogP contribution < -0.4 is 10.9 Å². The van der Waals surface area contributed by atoms with Gasteiger partial charge in [-0.15, -0.1) is 0 Å². The van der Waals surface area contributed by atoms with Crippen molar-refractivity contribution >= 4 is 45.8 Å². The number of fused-ring (bicyclic) bond motifs is 1. The van der Waals surface area contributed by atoms with Gasteiger partial charge in [-0.1, -0.05) is 41.9 Å². The molecule has 2 aromatic heterocycles. The first kappa shape index (κ1) is 22.2. The number of para-hydroxylation sites is 2. The van der Waals surface area contributed by atoms with Crippen LogP contribution in [0.4, 0.5) is 11.4 Å². The molecule has 2 heterocycles. The molecule has 8 heteroatoms. The highest BCUT2D eigenvalue weighted by atomic mass is 35.5. The average Bonchev–Trinajstić information content (AvgIpc) is 2.80. The van der Waals surface area contributed by atoms with Gasteiger partial charge in [0.25, 0.3) is 5.91 Å². The first-order valence-electron chi connectivity index (χ1n) is 10.1. The van der Waals surface area contributed by atoms with Crippen LogP contribution in [0.2, 0.25) is 5.02 Å². The SMILES string of the molecule is CC(=O)OCc1cnc(C)c2oc(=Nc3ccccc3)c(C(=O)Nc3ccccc3Cl)cc12. The Morgan fingerprint density at radius 3 is 2.58 bits per heavy atom. The van der Waals surface area contributed by atoms with Gasteiger partial charge in [0.2, 0.25) is 5.55 Å². The highest BCUT2D eigenvalue weighted by molar-refractivity contribution is 6.33. The van der Waals surface area contributed by atoms with Crippen LogP contribution >= 0.6 is 11.6 Å². The van der Waals surface area contributed by atoms with Gasteiger partial charge in [0.05, 0.1) is 22.1 Å². The molecule has 0 saturated heterocycles. The van der Waals surface area contributed by atoms with E-state index in [0.29, 0.717) is 38.6 Å². The summed E-state index contributed by atoms with van der Waals surface area (Å²) in [5.74, 6) is -0.871. The number of carbonyl (C=O) groups is 2. The third-order valence-corrected chi connectivity index (χ3v) is 5.17. The molecule has 166 valence electrons. The van der Waals surface area contributed by atoms with Crippen LogP contribution in [0.25, 0.3) is 11.0 Å². The fraction of sp³-hybridized carbons (Fsp3) is 0.120. The molecular formula is C25H20ClN3O4. The molecule has 33 heavy (non-hydrogen) atoms. The first-order valence-corrected chi connectivity index (χ1v) is 10.5. The number of nitrogens with zero attached hydrogens (tertiary/aromatic N) is 2. The quantitative estimate of drug-likeness (QED) is 0.405. The van der Waals surface area contributed by atoms with Crippen LogP contribution in [-0.2, 0) is 16.1 Å². The molecule has 0 atom stereocenters. The molecule has 0 unspecified atom stereocenters. The van der Waals surface area contributed by atoms with Gasteiger partial charge in [0.15, 0.2) is 5.58 Å². The van der Waals surface area contributed by atoms with E-state index in [9.17, 15) is 9.59 Å². The van der Waals surface area contributed by atoms with Gasteiger partial charge >= 0.3 is 5.97 Å². The first-order chi connectivity index (χ1) is 15.9. The van der Waals surface area contributed by atoms with Crippen LogP contribution in [0, 0.1) is 6.92 Å². The average molecular weight is 462 g/mol.